The molecule has 2 N–H and O–H groups in total. The smallest absolute Gasteiger partial charge is 0.410 e. The molecular formula is C31H38N7O3+. The van der Waals surface area contributed by atoms with Crippen molar-refractivity contribution in [2.75, 3.05) is 24.5 Å². The van der Waals surface area contributed by atoms with Crippen LogP contribution in [-0.2, 0) is 11.3 Å². The van der Waals surface area contributed by atoms with Crippen LogP contribution in [0.15, 0.2) is 65.8 Å². The Bertz CT molecular complexity index is 1450. The molecule has 214 valence electrons. The van der Waals surface area contributed by atoms with Crippen LogP contribution in [0.2, 0.25) is 0 Å². The van der Waals surface area contributed by atoms with Crippen molar-refractivity contribution in [1.29, 1.82) is 0 Å². The number of likely N-dealkylation sites (tertiary alicyclic amines) is 1. The van der Waals surface area contributed by atoms with Crippen molar-refractivity contribution in [3.63, 3.8) is 0 Å². The van der Waals surface area contributed by atoms with Gasteiger partial charge in [0.2, 0.25) is 12.3 Å². The lowest BCUT2D eigenvalue weighted by Crippen LogP contribution is -2.51. The maximum atomic E-state index is 12.9. The fourth-order valence-electron chi connectivity index (χ4n) is 5.34. The number of likely N-dealkylation sites (N-methyl/N-ethyl adjacent to an activating group) is 1. The number of nitrogens with two attached hydrogens (primary N) is 1. The summed E-state index contributed by atoms with van der Waals surface area (Å²) < 4.78 is 5.37. The number of amides is 1. The topological polar surface area (TPSA) is 114 Å². The summed E-state index contributed by atoms with van der Waals surface area (Å²) in [4.78, 5) is 43.6. The number of aromatic nitrogens is 2. The first-order chi connectivity index (χ1) is 19.6. The van der Waals surface area contributed by atoms with Gasteiger partial charge in [-0.1, -0.05) is 51.1 Å². The second-order valence-electron chi connectivity index (χ2n) is 11.6. The third kappa shape index (κ3) is 5.84. The summed E-state index contributed by atoms with van der Waals surface area (Å²) in [6, 6.07) is 16.9. The molecule has 1 amide bonds. The van der Waals surface area contributed by atoms with Crippen LogP contribution in [0.4, 0.5) is 27.9 Å². The highest BCUT2D eigenvalue weighted by Crippen LogP contribution is 2.42. The molecular weight excluding hydrogens is 518 g/mol. The Morgan fingerprint density at radius 3 is 2.66 bits per heavy atom. The largest absolute Gasteiger partial charge is 0.445 e. The van der Waals surface area contributed by atoms with Gasteiger partial charge in [-0.2, -0.15) is 15.8 Å². The fourth-order valence-corrected chi connectivity index (χ4v) is 5.34. The summed E-state index contributed by atoms with van der Waals surface area (Å²) >= 11 is 0. The fraction of sp³-hybridized carbons (Fsp3) is 0.387. The van der Waals surface area contributed by atoms with Gasteiger partial charge in [0.05, 0.1) is 0 Å². The number of nitrogens with zero attached hydrogens (tertiary/aromatic N) is 6. The van der Waals surface area contributed by atoms with E-state index < -0.39 is 5.41 Å². The predicted octanol–water partition coefficient (Wildman–Crippen LogP) is 5.52. The number of benzene rings is 2. The molecule has 3 heterocycles. The summed E-state index contributed by atoms with van der Waals surface area (Å²) in [5.41, 5.74) is 2.44. The number of Topliss-reactive ketones (excluding diaryl/α,β-unsaturated/α-hetero) is 1. The van der Waals surface area contributed by atoms with E-state index in [9.17, 15) is 9.59 Å². The van der Waals surface area contributed by atoms with E-state index in [1.165, 1.54) is 0 Å². The number of ether oxygens (including phenoxy) is 1. The van der Waals surface area contributed by atoms with Gasteiger partial charge in [0.15, 0.2) is 11.5 Å². The minimum atomic E-state index is -0.496. The van der Waals surface area contributed by atoms with Crippen molar-refractivity contribution in [2.24, 2.45) is 16.3 Å². The third-order valence-corrected chi connectivity index (χ3v) is 7.60. The Labute approximate surface area is 241 Å². The van der Waals surface area contributed by atoms with Crippen molar-refractivity contribution in [2.45, 2.75) is 53.2 Å². The summed E-state index contributed by atoms with van der Waals surface area (Å²) in [5.74, 6) is 8.01. The number of carbonyl (C=O) groups excluding carboxylic acids is 2. The van der Waals surface area contributed by atoms with Gasteiger partial charge in [-0.25, -0.2) is 9.78 Å². The molecule has 2 aliphatic rings. The third-order valence-electron chi connectivity index (χ3n) is 7.60. The van der Waals surface area contributed by atoms with E-state index in [4.69, 9.17) is 15.6 Å². The van der Waals surface area contributed by atoms with E-state index in [1.54, 1.807) is 35.6 Å². The van der Waals surface area contributed by atoms with Gasteiger partial charge in [-0.3, -0.25) is 4.79 Å². The SMILES string of the molecule is CCN(c1nccc([N+]2(N)C=Nc3cc(C(=O)C(C)(C)C)ccc32)n1)C1CCCN(C(=O)OCc2ccccc2)C1. The number of hydrogen-bond acceptors (Lipinski definition) is 8. The normalized spacial score (nSPS) is 20.0. The summed E-state index contributed by atoms with van der Waals surface area (Å²) in [6.45, 7) is 9.83. The molecule has 3 aromatic rings. The van der Waals surface area contributed by atoms with E-state index in [1.807, 2.05) is 57.2 Å². The maximum Gasteiger partial charge on any atom is 0.410 e. The number of quaternary nitrogens is 1. The van der Waals surface area contributed by atoms with Crippen LogP contribution in [0, 0.1) is 5.41 Å². The van der Waals surface area contributed by atoms with E-state index in [2.05, 4.69) is 21.8 Å². The first-order valence-corrected chi connectivity index (χ1v) is 14.1. The molecule has 2 aliphatic heterocycles. The molecule has 2 unspecified atom stereocenters. The lowest BCUT2D eigenvalue weighted by atomic mass is 9.86. The highest BCUT2D eigenvalue weighted by molar-refractivity contribution is 6.03. The van der Waals surface area contributed by atoms with E-state index in [0.29, 0.717) is 42.7 Å². The minimum absolute atomic E-state index is 0.0324. The molecule has 41 heavy (non-hydrogen) atoms. The number of ketones is 1. The molecule has 2 atom stereocenters. The average molecular weight is 557 g/mol. The van der Waals surface area contributed by atoms with Gasteiger partial charge in [-0.05, 0) is 37.5 Å². The highest BCUT2D eigenvalue weighted by atomic mass is 16.6. The Kier molecular flexibility index (Phi) is 7.88. The zero-order valence-corrected chi connectivity index (χ0v) is 24.2. The summed E-state index contributed by atoms with van der Waals surface area (Å²) in [6.07, 6.45) is 4.77. The molecule has 1 fully saturated rings. The molecule has 0 saturated carbocycles. The van der Waals surface area contributed by atoms with Crippen LogP contribution in [0.1, 0.15) is 56.5 Å². The monoisotopic (exact) mass is 556 g/mol. The van der Waals surface area contributed by atoms with Crippen LogP contribution in [-0.4, -0.2) is 58.8 Å². The average Bonchev–Trinajstić information content (AvgIpc) is 3.33. The lowest BCUT2D eigenvalue weighted by Gasteiger charge is -2.38. The van der Waals surface area contributed by atoms with Gasteiger partial charge < -0.3 is 14.5 Å². The molecule has 2 aromatic carbocycles. The van der Waals surface area contributed by atoms with Gasteiger partial charge in [0.1, 0.15) is 12.3 Å². The van der Waals surface area contributed by atoms with Gasteiger partial charge >= 0.3 is 6.09 Å². The molecule has 1 saturated heterocycles. The van der Waals surface area contributed by atoms with Crippen LogP contribution in [0.5, 0.6) is 0 Å². The molecule has 1 aromatic heterocycles. The highest BCUT2D eigenvalue weighted by Gasteiger charge is 2.39. The minimum Gasteiger partial charge on any atom is -0.445 e. The first-order valence-electron chi connectivity index (χ1n) is 14.1. The number of anilines is 1. The number of aliphatic imine (C=N–C) groups is 1. The van der Waals surface area contributed by atoms with E-state index in [0.717, 1.165) is 24.1 Å². The Hall–Kier alpha value is -4.15. The van der Waals surface area contributed by atoms with Crippen LogP contribution < -0.4 is 15.3 Å². The molecule has 10 heteroatoms. The van der Waals surface area contributed by atoms with Gasteiger partial charge in [0.25, 0.3) is 5.82 Å². The van der Waals surface area contributed by atoms with Gasteiger partial charge in [-0.15, -0.1) is 4.59 Å². The Morgan fingerprint density at radius 2 is 1.93 bits per heavy atom. The molecule has 0 radical (unpaired) electrons. The lowest BCUT2D eigenvalue weighted by molar-refractivity contribution is 0.0851. The Morgan fingerprint density at radius 1 is 1.15 bits per heavy atom. The number of piperidine rings is 1. The number of hydrogen-bond donors (Lipinski definition) is 1. The van der Waals surface area contributed by atoms with Crippen LogP contribution >= 0.6 is 0 Å². The molecule has 0 spiro atoms. The van der Waals surface area contributed by atoms with Crippen molar-refractivity contribution in [3.8, 4) is 0 Å². The van der Waals surface area contributed by atoms with Crippen molar-refractivity contribution < 1.29 is 14.3 Å². The maximum absolute atomic E-state index is 12.9. The number of fused-ring (bicyclic) bond motifs is 1. The van der Waals surface area contributed by atoms with Crippen LogP contribution in [0.25, 0.3) is 0 Å². The standard InChI is InChI=1S/C31H38N7O3/c1-5-37(24-12-9-17-36(19-24)30(40)41-20-22-10-7-6-8-11-22)29-33-16-15-27(35-29)38(32)21-34-25-18-23(13-14-26(25)38)28(39)31(2,3)4/h6-8,10-11,13-16,18,21,24H,5,9,12,17,19-20,32H2,1-4H3/q+1. The second kappa shape index (κ2) is 11.4. The van der Waals surface area contributed by atoms with Crippen molar-refractivity contribution in [3.05, 3.63) is 71.9 Å². The van der Waals surface area contributed by atoms with E-state index >= 15 is 0 Å². The number of rotatable bonds is 7. The van der Waals surface area contributed by atoms with Crippen LogP contribution in [0.3, 0.4) is 0 Å². The van der Waals surface area contributed by atoms with Crippen molar-refractivity contribution in [1.82, 2.24) is 19.5 Å². The predicted molar refractivity (Wildman–Crippen MR) is 160 cm³/mol. The molecule has 0 aliphatic carbocycles. The molecule has 10 nitrogen and oxygen atoms in total. The first kappa shape index (κ1) is 28.4. The number of carbonyl (C=O) groups is 2. The Balaban J connectivity index is 1.33. The summed E-state index contributed by atoms with van der Waals surface area (Å²) in [5, 5.41) is 0. The van der Waals surface area contributed by atoms with Crippen molar-refractivity contribution >= 4 is 41.4 Å². The zero-order chi connectivity index (χ0) is 29.2. The van der Waals surface area contributed by atoms with Gasteiger partial charge in [0, 0.05) is 55.0 Å². The quantitative estimate of drug-likeness (QED) is 0.232. The molecule has 5 rings (SSSR count). The zero-order valence-electron chi connectivity index (χ0n) is 24.2. The second-order valence-corrected chi connectivity index (χ2v) is 11.6. The summed E-state index contributed by atoms with van der Waals surface area (Å²) in [7, 11) is 0. The van der Waals surface area contributed by atoms with E-state index in [-0.39, 0.29) is 29.1 Å². The molecule has 0 bridgehead atoms.